The Balaban J connectivity index is 2.31. The molecule has 0 saturated carbocycles. The summed E-state index contributed by atoms with van der Waals surface area (Å²) < 4.78 is 0.968. The summed E-state index contributed by atoms with van der Waals surface area (Å²) in [5, 5.41) is 12.1. The van der Waals surface area contributed by atoms with E-state index >= 15 is 0 Å². The second-order valence-corrected chi connectivity index (χ2v) is 5.11. The van der Waals surface area contributed by atoms with Crippen LogP contribution in [0.1, 0.15) is 15.9 Å². The van der Waals surface area contributed by atoms with Gasteiger partial charge in [-0.05, 0) is 42.8 Å². The van der Waals surface area contributed by atoms with Crippen LogP contribution in [0.3, 0.4) is 0 Å². The summed E-state index contributed by atoms with van der Waals surface area (Å²) in [5.74, 6) is -1.03. The molecule has 19 heavy (non-hydrogen) atoms. The van der Waals surface area contributed by atoms with Crippen molar-refractivity contribution in [3.8, 4) is 0 Å². The Labute approximate surface area is 119 Å². The van der Waals surface area contributed by atoms with Gasteiger partial charge in [0.15, 0.2) is 0 Å². The summed E-state index contributed by atoms with van der Waals surface area (Å²) in [5.41, 5.74) is 8.84. The largest absolute Gasteiger partial charge is 0.478 e. The second-order valence-electron chi connectivity index (χ2n) is 4.19. The molecule has 0 saturated heterocycles. The van der Waals surface area contributed by atoms with Crippen molar-refractivity contribution in [2.45, 2.75) is 6.92 Å². The Morgan fingerprint density at radius 2 is 2.00 bits per heavy atom. The number of nitrogens with one attached hydrogen (secondary N) is 1. The summed E-state index contributed by atoms with van der Waals surface area (Å²) >= 11 is 3.41. The zero-order chi connectivity index (χ0) is 14.0. The maximum atomic E-state index is 10.9. The van der Waals surface area contributed by atoms with Crippen LogP contribution in [-0.4, -0.2) is 11.1 Å². The molecule has 5 heteroatoms. The van der Waals surface area contributed by atoms with Crippen LogP contribution in [0.5, 0.6) is 0 Å². The molecule has 2 aromatic rings. The van der Waals surface area contributed by atoms with Crippen LogP contribution < -0.4 is 11.1 Å². The number of nitrogen functional groups attached to an aromatic ring is 1. The highest BCUT2D eigenvalue weighted by atomic mass is 79.9. The molecule has 0 fully saturated rings. The van der Waals surface area contributed by atoms with E-state index in [1.165, 1.54) is 6.07 Å². The van der Waals surface area contributed by atoms with E-state index in [2.05, 4.69) is 21.2 Å². The Morgan fingerprint density at radius 3 is 2.63 bits per heavy atom. The minimum absolute atomic E-state index is 0.108. The molecule has 4 nitrogen and oxygen atoms in total. The number of aryl methyl sites for hydroxylation is 1. The van der Waals surface area contributed by atoms with E-state index < -0.39 is 5.97 Å². The lowest BCUT2D eigenvalue weighted by molar-refractivity contribution is 0.0698. The topological polar surface area (TPSA) is 75.3 Å². The molecule has 0 aromatic heterocycles. The molecule has 0 amide bonds. The predicted molar refractivity (Wildman–Crippen MR) is 80.0 cm³/mol. The third kappa shape index (κ3) is 3.06. The van der Waals surface area contributed by atoms with Crippen molar-refractivity contribution in [2.24, 2.45) is 0 Å². The van der Waals surface area contributed by atoms with Gasteiger partial charge in [-0.1, -0.05) is 22.0 Å². The molecular formula is C14H13BrN2O2. The summed E-state index contributed by atoms with van der Waals surface area (Å²) in [6, 6.07) is 10.7. The molecule has 0 spiro atoms. The van der Waals surface area contributed by atoms with E-state index in [-0.39, 0.29) is 11.3 Å². The van der Waals surface area contributed by atoms with Gasteiger partial charge in [-0.15, -0.1) is 0 Å². The van der Waals surface area contributed by atoms with Crippen LogP contribution in [-0.2, 0) is 0 Å². The lowest BCUT2D eigenvalue weighted by Gasteiger charge is -2.11. The van der Waals surface area contributed by atoms with Gasteiger partial charge in [0.25, 0.3) is 0 Å². The van der Waals surface area contributed by atoms with Crippen molar-refractivity contribution >= 4 is 39.0 Å². The molecule has 0 heterocycles. The van der Waals surface area contributed by atoms with Crippen LogP contribution in [0.25, 0.3) is 0 Å². The van der Waals surface area contributed by atoms with Crippen molar-refractivity contribution in [2.75, 3.05) is 11.1 Å². The Hall–Kier alpha value is -2.01. The zero-order valence-electron chi connectivity index (χ0n) is 10.3. The molecule has 0 atom stereocenters. The normalized spacial score (nSPS) is 10.2. The zero-order valence-corrected chi connectivity index (χ0v) is 11.9. The summed E-state index contributed by atoms with van der Waals surface area (Å²) in [6.07, 6.45) is 0. The van der Waals surface area contributed by atoms with E-state index in [4.69, 9.17) is 10.8 Å². The molecule has 98 valence electrons. The van der Waals surface area contributed by atoms with Gasteiger partial charge in [0, 0.05) is 21.5 Å². The van der Waals surface area contributed by atoms with Crippen LogP contribution in [0.2, 0.25) is 0 Å². The maximum absolute atomic E-state index is 10.9. The molecule has 0 bridgehead atoms. The third-order valence-electron chi connectivity index (χ3n) is 2.76. The summed E-state index contributed by atoms with van der Waals surface area (Å²) in [4.78, 5) is 10.9. The van der Waals surface area contributed by atoms with Gasteiger partial charge in [-0.25, -0.2) is 4.79 Å². The van der Waals surface area contributed by atoms with Crippen molar-refractivity contribution in [3.05, 3.63) is 52.0 Å². The molecule has 2 aromatic carbocycles. The van der Waals surface area contributed by atoms with Gasteiger partial charge in [-0.2, -0.15) is 0 Å². The molecule has 0 unspecified atom stereocenters. The smallest absolute Gasteiger partial charge is 0.337 e. The van der Waals surface area contributed by atoms with Gasteiger partial charge in [-0.3, -0.25) is 0 Å². The van der Waals surface area contributed by atoms with Gasteiger partial charge >= 0.3 is 5.97 Å². The number of benzene rings is 2. The fourth-order valence-electron chi connectivity index (χ4n) is 1.72. The van der Waals surface area contributed by atoms with Crippen molar-refractivity contribution in [1.29, 1.82) is 0 Å². The van der Waals surface area contributed by atoms with Crippen LogP contribution in [0, 0.1) is 6.92 Å². The quantitative estimate of drug-likeness (QED) is 0.752. The number of rotatable bonds is 3. The van der Waals surface area contributed by atoms with Crippen LogP contribution in [0.4, 0.5) is 17.1 Å². The first-order valence-corrected chi connectivity index (χ1v) is 6.42. The average Bonchev–Trinajstić information content (AvgIpc) is 2.33. The lowest BCUT2D eigenvalue weighted by atomic mass is 10.1. The number of halogens is 1. The number of aromatic carboxylic acids is 1. The number of nitrogens with two attached hydrogens (primary N) is 1. The molecule has 0 aliphatic rings. The number of anilines is 3. The minimum Gasteiger partial charge on any atom is -0.478 e. The predicted octanol–water partition coefficient (Wildman–Crippen LogP) is 3.78. The van der Waals surface area contributed by atoms with Crippen LogP contribution >= 0.6 is 15.9 Å². The Morgan fingerprint density at radius 1 is 1.26 bits per heavy atom. The highest BCUT2D eigenvalue weighted by Gasteiger charge is 2.08. The SMILES string of the molecule is Cc1ccc(Br)cc1Nc1ccc(C(=O)O)c(N)c1. The third-order valence-corrected chi connectivity index (χ3v) is 3.25. The van der Waals surface area contributed by atoms with Gasteiger partial charge in [0.05, 0.1) is 5.56 Å². The van der Waals surface area contributed by atoms with E-state index in [0.717, 1.165) is 21.4 Å². The first-order chi connectivity index (χ1) is 8.97. The molecular weight excluding hydrogens is 308 g/mol. The molecule has 0 aliphatic carbocycles. The number of carboxylic acid groups (broad SMARTS) is 1. The number of hydrogen-bond donors (Lipinski definition) is 3. The fourth-order valence-corrected chi connectivity index (χ4v) is 2.08. The van der Waals surface area contributed by atoms with Gasteiger partial charge < -0.3 is 16.2 Å². The minimum atomic E-state index is -1.03. The van der Waals surface area contributed by atoms with Gasteiger partial charge in [0.2, 0.25) is 0 Å². The van der Waals surface area contributed by atoms with E-state index in [0.29, 0.717) is 0 Å². The highest BCUT2D eigenvalue weighted by Crippen LogP contribution is 2.26. The lowest BCUT2D eigenvalue weighted by Crippen LogP contribution is -2.03. The summed E-state index contributed by atoms with van der Waals surface area (Å²) in [7, 11) is 0. The van der Waals surface area contributed by atoms with Crippen molar-refractivity contribution in [3.63, 3.8) is 0 Å². The standard InChI is InChI=1S/C14H13BrN2O2/c1-8-2-3-9(15)6-13(8)17-10-4-5-11(14(18)19)12(16)7-10/h2-7,17H,16H2,1H3,(H,18,19). The fraction of sp³-hybridized carbons (Fsp3) is 0.0714. The first kappa shape index (κ1) is 13.4. The number of carboxylic acids is 1. The van der Waals surface area contributed by atoms with Crippen LogP contribution in [0.15, 0.2) is 40.9 Å². The van der Waals surface area contributed by atoms with Crippen molar-refractivity contribution in [1.82, 2.24) is 0 Å². The van der Waals surface area contributed by atoms with E-state index in [1.807, 2.05) is 25.1 Å². The monoisotopic (exact) mass is 320 g/mol. The molecule has 0 aliphatic heterocycles. The second kappa shape index (κ2) is 5.32. The van der Waals surface area contributed by atoms with E-state index in [1.54, 1.807) is 12.1 Å². The molecule has 2 rings (SSSR count). The van der Waals surface area contributed by atoms with Gasteiger partial charge in [0.1, 0.15) is 0 Å². The van der Waals surface area contributed by atoms with Crippen molar-refractivity contribution < 1.29 is 9.90 Å². The summed E-state index contributed by atoms with van der Waals surface area (Å²) in [6.45, 7) is 1.99. The Kier molecular flexibility index (Phi) is 3.76. The number of hydrogen-bond acceptors (Lipinski definition) is 3. The Bertz CT molecular complexity index is 641. The highest BCUT2D eigenvalue weighted by molar-refractivity contribution is 9.10. The molecule has 0 radical (unpaired) electrons. The average molecular weight is 321 g/mol. The molecule has 4 N–H and O–H groups in total. The number of carbonyl (C=O) groups is 1. The first-order valence-electron chi connectivity index (χ1n) is 5.63. The van der Waals surface area contributed by atoms with E-state index in [9.17, 15) is 4.79 Å². The maximum Gasteiger partial charge on any atom is 0.337 e.